The number of amides is 1. The van der Waals surface area contributed by atoms with Gasteiger partial charge in [0.1, 0.15) is 12.3 Å². The Kier molecular flexibility index (Phi) is 7.41. The molecule has 0 aliphatic heterocycles. The van der Waals surface area contributed by atoms with Gasteiger partial charge in [-0.3, -0.25) is 4.79 Å². The van der Waals surface area contributed by atoms with Gasteiger partial charge in [-0.2, -0.15) is 0 Å². The average Bonchev–Trinajstić information content (AvgIpc) is 3.58. The van der Waals surface area contributed by atoms with E-state index in [9.17, 15) is 4.79 Å². The summed E-state index contributed by atoms with van der Waals surface area (Å²) in [6, 6.07) is 18.2. The predicted molar refractivity (Wildman–Crippen MR) is 146 cm³/mol. The number of hydrogen-bond acceptors (Lipinski definition) is 8. The molecule has 5 aromatic rings. The van der Waals surface area contributed by atoms with Crippen LogP contribution in [0, 0.1) is 13.8 Å². The highest BCUT2D eigenvalue weighted by molar-refractivity contribution is 7.98. The fourth-order valence-electron chi connectivity index (χ4n) is 4.19. The van der Waals surface area contributed by atoms with Crippen LogP contribution in [0.5, 0.6) is 5.75 Å². The molecule has 9 nitrogen and oxygen atoms in total. The maximum Gasteiger partial charge on any atom is 0.276 e. The van der Waals surface area contributed by atoms with Gasteiger partial charge in [0.25, 0.3) is 5.22 Å². The molecule has 2 heterocycles. The van der Waals surface area contributed by atoms with E-state index in [0.717, 1.165) is 38.9 Å². The van der Waals surface area contributed by atoms with E-state index in [1.165, 1.54) is 16.4 Å². The molecule has 38 heavy (non-hydrogen) atoms. The van der Waals surface area contributed by atoms with E-state index in [2.05, 4.69) is 44.0 Å². The fraction of sp³-hybridized carbons (Fsp3) is 0.250. The Morgan fingerprint density at radius 1 is 1.05 bits per heavy atom. The molecule has 1 N–H and O–H groups in total. The lowest BCUT2D eigenvalue weighted by molar-refractivity contribution is -0.116. The monoisotopic (exact) mass is 528 g/mol. The van der Waals surface area contributed by atoms with Crippen molar-refractivity contribution in [3.8, 4) is 5.75 Å². The number of hydrogen-bond donors (Lipinski definition) is 1. The van der Waals surface area contributed by atoms with Crippen LogP contribution in [0.15, 0.2) is 70.4 Å². The summed E-state index contributed by atoms with van der Waals surface area (Å²) in [5.74, 6) is 1.66. The molecule has 10 heteroatoms. The van der Waals surface area contributed by atoms with E-state index < -0.39 is 0 Å². The maximum atomic E-state index is 12.5. The lowest BCUT2D eigenvalue weighted by Gasteiger charge is -2.11. The van der Waals surface area contributed by atoms with Crippen LogP contribution in [-0.4, -0.2) is 38.2 Å². The number of benzene rings is 3. The van der Waals surface area contributed by atoms with E-state index in [1.54, 1.807) is 13.3 Å². The maximum absolute atomic E-state index is 12.5. The zero-order chi connectivity index (χ0) is 26.6. The van der Waals surface area contributed by atoms with Gasteiger partial charge in [0, 0.05) is 17.6 Å². The molecule has 0 radical (unpaired) electrons. The van der Waals surface area contributed by atoms with Crippen molar-refractivity contribution in [2.24, 2.45) is 0 Å². The first kappa shape index (κ1) is 25.5. The van der Waals surface area contributed by atoms with E-state index in [1.807, 2.05) is 57.2 Å². The molecule has 2 aromatic heterocycles. The normalized spacial score (nSPS) is 12.0. The summed E-state index contributed by atoms with van der Waals surface area (Å²) < 4.78 is 12.8. The zero-order valence-corrected chi connectivity index (χ0v) is 22.5. The zero-order valence-electron chi connectivity index (χ0n) is 21.6. The van der Waals surface area contributed by atoms with Crippen molar-refractivity contribution in [1.82, 2.24) is 25.2 Å². The SMILES string of the molecule is COc1ccc2cc([C@H](C)c3nnc(SCc4cn(CC(=O)Nc5c(C)cccc5C)nn4)o3)ccc2c1. The number of methoxy groups -OCH3 is 1. The van der Waals surface area contributed by atoms with E-state index in [-0.39, 0.29) is 18.4 Å². The average molecular weight is 529 g/mol. The van der Waals surface area contributed by atoms with Crippen molar-refractivity contribution in [2.75, 3.05) is 12.4 Å². The third-order valence-corrected chi connectivity index (χ3v) is 7.20. The van der Waals surface area contributed by atoms with Crippen molar-refractivity contribution < 1.29 is 13.9 Å². The highest BCUT2D eigenvalue weighted by atomic mass is 32.2. The Morgan fingerprint density at radius 2 is 1.82 bits per heavy atom. The highest BCUT2D eigenvalue weighted by Gasteiger charge is 2.18. The number of anilines is 1. The highest BCUT2D eigenvalue weighted by Crippen LogP contribution is 2.30. The Balaban J connectivity index is 1.17. The van der Waals surface area contributed by atoms with Crippen molar-refractivity contribution in [3.05, 3.63) is 89.1 Å². The molecule has 194 valence electrons. The van der Waals surface area contributed by atoms with Crippen molar-refractivity contribution in [3.63, 3.8) is 0 Å². The summed E-state index contributed by atoms with van der Waals surface area (Å²) in [7, 11) is 1.66. The molecule has 0 fully saturated rings. The summed E-state index contributed by atoms with van der Waals surface area (Å²) in [5.41, 5.74) is 4.67. The third kappa shape index (κ3) is 5.70. The third-order valence-electron chi connectivity index (χ3n) is 6.34. The van der Waals surface area contributed by atoms with Gasteiger partial charge in [-0.05, 0) is 60.4 Å². The van der Waals surface area contributed by atoms with Gasteiger partial charge in [-0.1, -0.05) is 59.4 Å². The van der Waals surface area contributed by atoms with Gasteiger partial charge in [-0.25, -0.2) is 4.68 Å². The minimum atomic E-state index is -0.158. The number of fused-ring (bicyclic) bond motifs is 1. The summed E-state index contributed by atoms with van der Waals surface area (Å²) in [6.45, 7) is 6.06. The van der Waals surface area contributed by atoms with Crippen LogP contribution in [0.4, 0.5) is 5.69 Å². The standard InChI is InChI=1S/C28H28N6O3S/c1-17-6-5-7-18(2)26(17)29-25(35)15-34-14-23(30-33-34)16-38-28-32-31-27(37-28)19(3)20-8-9-22-13-24(36-4)11-10-21(22)12-20/h5-14,19H,15-16H2,1-4H3,(H,29,35)/t19-/m0/s1. The van der Waals surface area contributed by atoms with E-state index in [0.29, 0.717) is 22.6 Å². The molecule has 0 saturated carbocycles. The van der Waals surface area contributed by atoms with Gasteiger partial charge in [0.2, 0.25) is 11.8 Å². The first-order chi connectivity index (χ1) is 18.4. The summed E-state index contributed by atoms with van der Waals surface area (Å²) in [4.78, 5) is 12.5. The number of nitrogens with zero attached hydrogens (tertiary/aromatic N) is 5. The predicted octanol–water partition coefficient (Wildman–Crippen LogP) is 5.52. The number of para-hydroxylation sites is 1. The summed E-state index contributed by atoms with van der Waals surface area (Å²) in [6.07, 6.45) is 1.75. The van der Waals surface area contributed by atoms with Gasteiger partial charge < -0.3 is 14.5 Å². The van der Waals surface area contributed by atoms with Crippen LogP contribution in [0.2, 0.25) is 0 Å². The second-order valence-corrected chi connectivity index (χ2v) is 10.0. The molecule has 0 saturated heterocycles. The van der Waals surface area contributed by atoms with Crippen LogP contribution in [0.3, 0.4) is 0 Å². The Labute approximate surface area is 224 Å². The Morgan fingerprint density at radius 3 is 2.61 bits per heavy atom. The number of thioether (sulfide) groups is 1. The van der Waals surface area contributed by atoms with Crippen molar-refractivity contribution in [2.45, 2.75) is 44.2 Å². The molecular weight excluding hydrogens is 500 g/mol. The smallest absolute Gasteiger partial charge is 0.276 e. The lowest BCUT2D eigenvalue weighted by Crippen LogP contribution is -2.20. The Bertz CT molecular complexity index is 1570. The van der Waals surface area contributed by atoms with E-state index >= 15 is 0 Å². The number of ether oxygens (including phenoxy) is 1. The summed E-state index contributed by atoms with van der Waals surface area (Å²) >= 11 is 1.38. The minimum absolute atomic E-state index is 0.0559. The van der Waals surface area contributed by atoms with Crippen LogP contribution >= 0.6 is 11.8 Å². The van der Waals surface area contributed by atoms with Crippen LogP contribution in [-0.2, 0) is 17.1 Å². The molecule has 0 aliphatic rings. The van der Waals surface area contributed by atoms with Crippen molar-refractivity contribution in [1.29, 1.82) is 0 Å². The number of nitrogens with one attached hydrogen (secondary N) is 1. The number of rotatable bonds is 9. The molecule has 0 spiro atoms. The topological polar surface area (TPSA) is 108 Å². The van der Waals surface area contributed by atoms with Crippen LogP contribution < -0.4 is 10.1 Å². The second-order valence-electron chi connectivity index (χ2n) is 9.11. The molecule has 3 aromatic carbocycles. The molecule has 0 bridgehead atoms. The fourth-order valence-corrected chi connectivity index (χ4v) is 4.84. The van der Waals surface area contributed by atoms with Gasteiger partial charge in [-0.15, -0.1) is 15.3 Å². The van der Waals surface area contributed by atoms with Gasteiger partial charge in [0.05, 0.1) is 18.7 Å². The van der Waals surface area contributed by atoms with Gasteiger partial charge in [0.15, 0.2) is 0 Å². The van der Waals surface area contributed by atoms with E-state index in [4.69, 9.17) is 9.15 Å². The number of carbonyl (C=O) groups is 1. The second kappa shape index (κ2) is 11.1. The quantitative estimate of drug-likeness (QED) is 0.249. The lowest BCUT2D eigenvalue weighted by atomic mass is 9.97. The van der Waals surface area contributed by atoms with Crippen LogP contribution in [0.25, 0.3) is 10.8 Å². The minimum Gasteiger partial charge on any atom is -0.497 e. The van der Waals surface area contributed by atoms with Gasteiger partial charge >= 0.3 is 0 Å². The largest absolute Gasteiger partial charge is 0.497 e. The molecule has 5 rings (SSSR count). The summed E-state index contributed by atoms with van der Waals surface area (Å²) in [5, 5.41) is 22.4. The molecular formula is C28H28N6O3S. The number of aromatic nitrogens is 5. The molecule has 1 amide bonds. The molecule has 0 unspecified atom stereocenters. The Hall–Kier alpha value is -4.18. The first-order valence-electron chi connectivity index (χ1n) is 12.2. The number of aryl methyl sites for hydroxylation is 2. The first-order valence-corrected chi connectivity index (χ1v) is 13.2. The molecule has 0 aliphatic carbocycles. The van der Waals surface area contributed by atoms with Crippen LogP contribution in [0.1, 0.15) is 41.1 Å². The number of carbonyl (C=O) groups excluding carboxylic acids is 1. The molecule has 1 atom stereocenters. The van der Waals surface area contributed by atoms with Crippen molar-refractivity contribution >= 4 is 34.1 Å².